The molecule has 1 atom stereocenters. The number of hydrogen-bond acceptors (Lipinski definition) is 0. The zero-order valence-electron chi connectivity index (χ0n) is 10.6. The van der Waals surface area contributed by atoms with Gasteiger partial charge in [0.1, 0.15) is 11.6 Å². The van der Waals surface area contributed by atoms with Crippen LogP contribution in [0, 0.1) is 18.6 Å². The Morgan fingerprint density at radius 2 is 1.78 bits per heavy atom. The molecule has 0 fully saturated rings. The molecule has 0 bridgehead atoms. The summed E-state index contributed by atoms with van der Waals surface area (Å²) in [6.45, 7) is 3.80. The fourth-order valence-corrected chi connectivity index (χ4v) is 2.36. The second kappa shape index (κ2) is 5.30. The molecule has 94 valence electrons. The van der Waals surface area contributed by atoms with Crippen molar-refractivity contribution in [1.82, 2.24) is 0 Å². The monoisotopic (exact) mass is 246 g/mol. The maximum atomic E-state index is 13.6. The summed E-state index contributed by atoms with van der Waals surface area (Å²) in [6.07, 6.45) is 0.813. The molecule has 2 heteroatoms. The van der Waals surface area contributed by atoms with Crippen LogP contribution in [0.4, 0.5) is 8.78 Å². The molecule has 0 aromatic heterocycles. The predicted octanol–water partition coefficient (Wildman–Crippen LogP) is 4.82. The Kier molecular flexibility index (Phi) is 3.75. The molecule has 2 rings (SSSR count). The summed E-state index contributed by atoms with van der Waals surface area (Å²) in [4.78, 5) is 0. The van der Waals surface area contributed by atoms with Crippen LogP contribution >= 0.6 is 0 Å². The maximum absolute atomic E-state index is 13.6. The van der Waals surface area contributed by atoms with E-state index >= 15 is 0 Å². The van der Waals surface area contributed by atoms with Gasteiger partial charge in [-0.15, -0.1) is 0 Å². The third-order valence-electron chi connectivity index (χ3n) is 3.34. The fraction of sp³-hybridized carbons (Fsp3) is 0.250. The van der Waals surface area contributed by atoms with Gasteiger partial charge in [0.25, 0.3) is 0 Å². The lowest BCUT2D eigenvalue weighted by molar-refractivity contribution is 0.608. The van der Waals surface area contributed by atoms with Gasteiger partial charge >= 0.3 is 0 Å². The first-order valence-electron chi connectivity index (χ1n) is 6.14. The molecule has 0 heterocycles. The predicted molar refractivity (Wildman–Crippen MR) is 69.7 cm³/mol. The van der Waals surface area contributed by atoms with E-state index in [2.05, 4.69) is 0 Å². The van der Waals surface area contributed by atoms with Gasteiger partial charge in [-0.05, 0) is 48.2 Å². The topological polar surface area (TPSA) is 0 Å². The van der Waals surface area contributed by atoms with Crippen molar-refractivity contribution in [3.05, 3.63) is 70.8 Å². The first-order chi connectivity index (χ1) is 8.63. The molecule has 1 unspecified atom stereocenters. The number of rotatable bonds is 3. The zero-order valence-corrected chi connectivity index (χ0v) is 10.6. The average molecular weight is 246 g/mol. The molecule has 0 aliphatic rings. The van der Waals surface area contributed by atoms with Crippen LogP contribution in [0.1, 0.15) is 36.0 Å². The van der Waals surface area contributed by atoms with E-state index in [1.807, 2.05) is 19.1 Å². The van der Waals surface area contributed by atoms with Crippen molar-refractivity contribution in [1.29, 1.82) is 0 Å². The molecule has 2 aromatic carbocycles. The molecular weight excluding hydrogens is 230 g/mol. The highest BCUT2D eigenvalue weighted by Gasteiger charge is 2.16. The van der Waals surface area contributed by atoms with Crippen LogP contribution in [0.5, 0.6) is 0 Å². The van der Waals surface area contributed by atoms with Gasteiger partial charge in [-0.3, -0.25) is 0 Å². The van der Waals surface area contributed by atoms with Crippen molar-refractivity contribution in [3.8, 4) is 0 Å². The lowest BCUT2D eigenvalue weighted by atomic mass is 9.86. The van der Waals surface area contributed by atoms with E-state index in [-0.39, 0.29) is 17.6 Å². The molecule has 0 aliphatic heterocycles. The van der Waals surface area contributed by atoms with E-state index in [4.69, 9.17) is 0 Å². The minimum atomic E-state index is -0.250. The minimum Gasteiger partial charge on any atom is -0.207 e. The SMILES string of the molecule is CCC(c1cccc(F)c1)c1cccc(F)c1C. The Labute approximate surface area is 106 Å². The van der Waals surface area contributed by atoms with Gasteiger partial charge in [-0.25, -0.2) is 8.78 Å². The van der Waals surface area contributed by atoms with Crippen molar-refractivity contribution >= 4 is 0 Å². The third-order valence-corrected chi connectivity index (χ3v) is 3.34. The normalized spacial score (nSPS) is 12.4. The summed E-state index contributed by atoms with van der Waals surface area (Å²) in [7, 11) is 0. The van der Waals surface area contributed by atoms with Gasteiger partial charge in [0, 0.05) is 5.92 Å². The van der Waals surface area contributed by atoms with Gasteiger partial charge < -0.3 is 0 Å². The van der Waals surface area contributed by atoms with Gasteiger partial charge in [-0.2, -0.15) is 0 Å². The molecule has 18 heavy (non-hydrogen) atoms. The number of halogens is 2. The van der Waals surface area contributed by atoms with Crippen LogP contribution in [-0.4, -0.2) is 0 Å². The lowest BCUT2D eigenvalue weighted by Crippen LogP contribution is -2.03. The van der Waals surface area contributed by atoms with Crippen LogP contribution < -0.4 is 0 Å². The van der Waals surface area contributed by atoms with Crippen molar-refractivity contribution in [3.63, 3.8) is 0 Å². The molecule has 0 nitrogen and oxygen atoms in total. The average Bonchev–Trinajstić information content (AvgIpc) is 2.35. The van der Waals surface area contributed by atoms with Crippen LogP contribution in [0.2, 0.25) is 0 Å². The van der Waals surface area contributed by atoms with Crippen molar-refractivity contribution in [2.45, 2.75) is 26.2 Å². The molecular formula is C16H16F2. The van der Waals surface area contributed by atoms with Crippen LogP contribution in [0.15, 0.2) is 42.5 Å². The molecule has 0 N–H and O–H groups in total. The number of hydrogen-bond donors (Lipinski definition) is 0. The molecule has 0 aliphatic carbocycles. The van der Waals surface area contributed by atoms with E-state index in [1.165, 1.54) is 18.2 Å². The van der Waals surface area contributed by atoms with E-state index < -0.39 is 0 Å². The summed E-state index contributed by atoms with van der Waals surface area (Å²) >= 11 is 0. The highest BCUT2D eigenvalue weighted by molar-refractivity contribution is 5.38. The summed E-state index contributed by atoms with van der Waals surface area (Å²) in [5.74, 6) is -0.418. The Bertz CT molecular complexity index is 547. The van der Waals surface area contributed by atoms with E-state index in [0.717, 1.165) is 17.5 Å². The van der Waals surface area contributed by atoms with Crippen molar-refractivity contribution < 1.29 is 8.78 Å². The van der Waals surface area contributed by atoms with Crippen LogP contribution in [-0.2, 0) is 0 Å². The highest BCUT2D eigenvalue weighted by Crippen LogP contribution is 2.31. The Morgan fingerprint density at radius 1 is 1.06 bits per heavy atom. The van der Waals surface area contributed by atoms with Gasteiger partial charge in [0.2, 0.25) is 0 Å². The Hall–Kier alpha value is -1.70. The first kappa shape index (κ1) is 12.7. The van der Waals surface area contributed by atoms with Crippen molar-refractivity contribution in [2.24, 2.45) is 0 Å². The standard InChI is InChI=1S/C16H16F2/c1-3-14(12-6-4-7-13(17)10-12)15-8-5-9-16(18)11(15)2/h4-10,14H,3H2,1-2H3. The van der Waals surface area contributed by atoms with E-state index in [9.17, 15) is 8.78 Å². The minimum absolute atomic E-state index is 0.0383. The van der Waals surface area contributed by atoms with Gasteiger partial charge in [0.15, 0.2) is 0 Å². The molecule has 0 spiro atoms. The lowest BCUT2D eigenvalue weighted by Gasteiger charge is -2.18. The van der Waals surface area contributed by atoms with Gasteiger partial charge in [-0.1, -0.05) is 31.2 Å². The smallest absolute Gasteiger partial charge is 0.126 e. The van der Waals surface area contributed by atoms with Crippen LogP contribution in [0.25, 0.3) is 0 Å². The number of benzene rings is 2. The third kappa shape index (κ3) is 2.42. The Balaban J connectivity index is 2.49. The fourth-order valence-electron chi connectivity index (χ4n) is 2.36. The highest BCUT2D eigenvalue weighted by atomic mass is 19.1. The first-order valence-corrected chi connectivity index (χ1v) is 6.14. The largest absolute Gasteiger partial charge is 0.207 e. The van der Waals surface area contributed by atoms with Crippen molar-refractivity contribution in [2.75, 3.05) is 0 Å². The molecule has 2 aromatic rings. The zero-order chi connectivity index (χ0) is 13.1. The molecule has 0 amide bonds. The molecule has 0 radical (unpaired) electrons. The summed E-state index contributed by atoms with van der Waals surface area (Å²) < 4.78 is 26.9. The van der Waals surface area contributed by atoms with Gasteiger partial charge in [0.05, 0.1) is 0 Å². The summed E-state index contributed by atoms with van der Waals surface area (Å²) in [6, 6.07) is 11.6. The van der Waals surface area contributed by atoms with Crippen LogP contribution in [0.3, 0.4) is 0 Å². The van der Waals surface area contributed by atoms with E-state index in [1.54, 1.807) is 19.1 Å². The summed E-state index contributed by atoms with van der Waals surface area (Å²) in [5.41, 5.74) is 2.47. The maximum Gasteiger partial charge on any atom is 0.126 e. The molecule has 0 saturated carbocycles. The second-order valence-corrected chi connectivity index (χ2v) is 4.47. The Morgan fingerprint density at radius 3 is 2.44 bits per heavy atom. The summed E-state index contributed by atoms with van der Waals surface area (Å²) in [5, 5.41) is 0. The quantitative estimate of drug-likeness (QED) is 0.728. The second-order valence-electron chi connectivity index (χ2n) is 4.47. The molecule has 0 saturated heterocycles. The van der Waals surface area contributed by atoms with E-state index in [0.29, 0.717) is 5.56 Å².